The fourth-order valence-corrected chi connectivity index (χ4v) is 7.90. The first kappa shape index (κ1) is 20.6. The van der Waals surface area contributed by atoms with E-state index in [-0.39, 0.29) is 16.9 Å². The molecule has 0 heterocycles. The fourth-order valence-electron chi connectivity index (χ4n) is 7.53. The van der Waals surface area contributed by atoms with E-state index in [1.165, 1.54) is 5.56 Å². The maximum Gasteiger partial charge on any atom is 0.119 e. The summed E-state index contributed by atoms with van der Waals surface area (Å²) in [5, 5.41) is 0. The molecule has 0 aliphatic heterocycles. The zero-order valence-electron chi connectivity index (χ0n) is 18.5. The molecule has 4 bridgehead atoms. The molecule has 32 heavy (non-hydrogen) atoms. The fraction of sp³-hybridized carbons (Fsp3) is 0.500. The summed E-state index contributed by atoms with van der Waals surface area (Å²) in [5.41, 5.74) is 7.71. The topological polar surface area (TPSA) is 47.6 Å². The second-order valence-electron chi connectivity index (χ2n) is 10.6. The third kappa shape index (κ3) is 3.10. The van der Waals surface area contributed by atoms with E-state index in [4.69, 9.17) is 27.7 Å². The number of hydrogen-bond donors (Lipinski definition) is 1. The monoisotopic (exact) mass is 444 g/mol. The summed E-state index contributed by atoms with van der Waals surface area (Å²) in [5.74, 6) is 2.44. The van der Waals surface area contributed by atoms with Crippen molar-refractivity contribution in [2.24, 2.45) is 33.9 Å². The van der Waals surface area contributed by atoms with E-state index in [0.29, 0.717) is 23.8 Å². The second-order valence-corrected chi connectivity index (χ2v) is 11.0. The van der Waals surface area contributed by atoms with Crippen molar-refractivity contribution in [3.05, 3.63) is 66.2 Å². The van der Waals surface area contributed by atoms with E-state index in [9.17, 15) is 0 Å². The lowest BCUT2D eigenvalue weighted by Crippen LogP contribution is -2.38. The average molecular weight is 445 g/mol. The van der Waals surface area contributed by atoms with Gasteiger partial charge < -0.3 is 10.5 Å². The van der Waals surface area contributed by atoms with Gasteiger partial charge in [-0.3, -0.25) is 4.99 Å². The molecule has 3 nitrogen and oxygen atoms in total. The summed E-state index contributed by atoms with van der Waals surface area (Å²) in [6, 6.07) is 21.8. The standard InChI is InChI=1S/C28H32N2OS/c29-21-13-11-19(12-14-21)17-30-26(32)28-16-23-25(31-22-9-5-2-6-10-22)24(28)15-27(23,18-28)20-7-3-1-4-8-20/h1-10,17,19,21,23-25H,11-16,18,29H2/b30-17+. The van der Waals surface area contributed by atoms with E-state index in [0.717, 1.165) is 55.7 Å². The average Bonchev–Trinajstić information content (AvgIpc) is 3.53. The lowest BCUT2D eigenvalue weighted by atomic mass is 9.74. The lowest BCUT2D eigenvalue weighted by Gasteiger charge is -2.34. The predicted molar refractivity (Wildman–Crippen MR) is 133 cm³/mol. The number of rotatable bonds is 5. The molecule has 5 fully saturated rings. The van der Waals surface area contributed by atoms with Crippen LogP contribution in [0.3, 0.4) is 0 Å². The first-order valence-electron chi connectivity index (χ1n) is 12.2. The number of hydrogen-bond acceptors (Lipinski definition) is 3. The minimum absolute atomic E-state index is 0.00312. The maximum atomic E-state index is 6.67. The quantitative estimate of drug-likeness (QED) is 0.474. The Kier molecular flexibility index (Phi) is 5.00. The number of thiocarbonyl (C=S) groups is 1. The van der Waals surface area contributed by atoms with Crippen LogP contribution in [0.5, 0.6) is 5.75 Å². The van der Waals surface area contributed by atoms with Gasteiger partial charge >= 0.3 is 0 Å². The Morgan fingerprint density at radius 2 is 1.62 bits per heavy atom. The SMILES string of the molecule is NC1CCC(/C=N/C(=S)C23CC4C(Oc5ccccc5)C2CC4(c2ccccc2)C3)CC1. The van der Waals surface area contributed by atoms with E-state index >= 15 is 0 Å². The van der Waals surface area contributed by atoms with Gasteiger partial charge in [0.2, 0.25) is 0 Å². The molecule has 7 rings (SSSR count). The van der Waals surface area contributed by atoms with Crippen LogP contribution in [-0.2, 0) is 5.41 Å². The molecular formula is C28H32N2OS. The minimum atomic E-state index is -0.00312. The predicted octanol–water partition coefficient (Wildman–Crippen LogP) is 5.72. The van der Waals surface area contributed by atoms with Crippen LogP contribution in [0.15, 0.2) is 65.7 Å². The third-order valence-corrected chi connectivity index (χ3v) is 9.53. The highest BCUT2D eigenvalue weighted by Gasteiger charge is 2.77. The molecule has 5 saturated carbocycles. The number of benzene rings is 2. The van der Waals surface area contributed by atoms with Crippen molar-refractivity contribution in [2.45, 2.75) is 62.5 Å². The van der Waals surface area contributed by atoms with Gasteiger partial charge in [-0.25, -0.2) is 0 Å². The number of nitrogens with two attached hydrogens (primary N) is 1. The smallest absolute Gasteiger partial charge is 0.119 e. The van der Waals surface area contributed by atoms with Gasteiger partial charge in [0.15, 0.2) is 0 Å². The van der Waals surface area contributed by atoms with Crippen LogP contribution >= 0.6 is 12.2 Å². The van der Waals surface area contributed by atoms with Gasteiger partial charge in [-0.15, -0.1) is 0 Å². The molecule has 0 radical (unpaired) electrons. The van der Waals surface area contributed by atoms with Gasteiger partial charge in [0.25, 0.3) is 0 Å². The van der Waals surface area contributed by atoms with Gasteiger partial charge in [0.1, 0.15) is 16.8 Å². The molecule has 2 N–H and O–H groups in total. The van der Waals surface area contributed by atoms with Crippen LogP contribution in [0.1, 0.15) is 50.5 Å². The summed E-state index contributed by atoms with van der Waals surface area (Å²) >= 11 is 6.09. The highest BCUT2D eigenvalue weighted by Crippen LogP contribution is 2.77. The highest BCUT2D eigenvalue weighted by atomic mass is 32.1. The number of nitrogens with zero attached hydrogens (tertiary/aromatic N) is 1. The summed E-state index contributed by atoms with van der Waals surface area (Å²) in [7, 11) is 0. The Labute approximate surface area is 196 Å². The van der Waals surface area contributed by atoms with Crippen LogP contribution in [0.4, 0.5) is 0 Å². The van der Waals surface area contributed by atoms with Crippen molar-refractivity contribution < 1.29 is 4.74 Å². The Hall–Kier alpha value is -2.04. The molecule has 5 aliphatic carbocycles. The van der Waals surface area contributed by atoms with Crippen molar-refractivity contribution in [3.63, 3.8) is 0 Å². The molecule has 0 spiro atoms. The lowest BCUT2D eigenvalue weighted by molar-refractivity contribution is 0.110. The molecule has 5 atom stereocenters. The largest absolute Gasteiger partial charge is 0.490 e. The van der Waals surface area contributed by atoms with E-state index in [1.807, 2.05) is 6.07 Å². The van der Waals surface area contributed by atoms with Gasteiger partial charge in [0, 0.05) is 34.9 Å². The number of aliphatic imine (C=N–C) groups is 1. The third-order valence-electron chi connectivity index (χ3n) is 9.02. The summed E-state index contributed by atoms with van der Waals surface area (Å²) in [6.07, 6.45) is 10.2. The van der Waals surface area contributed by atoms with Gasteiger partial charge in [-0.2, -0.15) is 0 Å². The van der Waals surface area contributed by atoms with Crippen LogP contribution in [-0.4, -0.2) is 23.3 Å². The maximum absolute atomic E-state index is 6.67. The van der Waals surface area contributed by atoms with Crippen LogP contribution in [0, 0.1) is 23.2 Å². The molecule has 5 unspecified atom stereocenters. The van der Waals surface area contributed by atoms with Gasteiger partial charge in [0.05, 0.1) is 0 Å². The minimum Gasteiger partial charge on any atom is -0.490 e. The van der Waals surface area contributed by atoms with Crippen molar-refractivity contribution in [1.82, 2.24) is 0 Å². The first-order chi connectivity index (χ1) is 15.6. The van der Waals surface area contributed by atoms with Crippen LogP contribution in [0.2, 0.25) is 0 Å². The Bertz CT molecular complexity index is 1020. The first-order valence-corrected chi connectivity index (χ1v) is 12.6. The zero-order valence-corrected chi connectivity index (χ0v) is 19.3. The zero-order chi connectivity index (χ0) is 21.8. The van der Waals surface area contributed by atoms with Crippen molar-refractivity contribution in [2.75, 3.05) is 0 Å². The summed E-state index contributed by atoms with van der Waals surface area (Å²) < 4.78 is 6.67. The van der Waals surface area contributed by atoms with Gasteiger partial charge in [-0.1, -0.05) is 60.7 Å². The van der Waals surface area contributed by atoms with Crippen LogP contribution < -0.4 is 10.5 Å². The number of para-hydroxylation sites is 1. The van der Waals surface area contributed by atoms with Crippen molar-refractivity contribution >= 4 is 23.4 Å². The molecule has 0 saturated heterocycles. The normalized spacial score (nSPS) is 39.7. The summed E-state index contributed by atoms with van der Waals surface area (Å²) in [4.78, 5) is 5.91. The molecule has 5 aliphatic rings. The molecule has 2 aromatic rings. The van der Waals surface area contributed by atoms with Crippen molar-refractivity contribution in [3.8, 4) is 5.75 Å². The molecule has 166 valence electrons. The molecule has 4 heteroatoms. The van der Waals surface area contributed by atoms with Gasteiger partial charge in [-0.05, 0) is 68.6 Å². The number of ether oxygens (including phenoxy) is 1. The molecular weight excluding hydrogens is 412 g/mol. The Balaban J connectivity index is 1.29. The summed E-state index contributed by atoms with van der Waals surface area (Å²) in [6.45, 7) is 0. The van der Waals surface area contributed by atoms with Crippen molar-refractivity contribution in [1.29, 1.82) is 0 Å². The van der Waals surface area contributed by atoms with E-state index < -0.39 is 0 Å². The van der Waals surface area contributed by atoms with E-state index in [2.05, 4.69) is 60.8 Å². The second kappa shape index (κ2) is 7.78. The molecule has 0 amide bonds. The molecule has 0 aromatic heterocycles. The van der Waals surface area contributed by atoms with E-state index in [1.54, 1.807) is 0 Å². The Morgan fingerprint density at radius 3 is 2.34 bits per heavy atom. The Morgan fingerprint density at radius 1 is 0.938 bits per heavy atom. The molecule has 2 aromatic carbocycles. The highest BCUT2D eigenvalue weighted by molar-refractivity contribution is 7.80. The van der Waals surface area contributed by atoms with Crippen LogP contribution in [0.25, 0.3) is 0 Å².